The second-order valence-electron chi connectivity index (χ2n) is 3.07. The summed E-state index contributed by atoms with van der Waals surface area (Å²) in [6.45, 7) is 8.00. The number of carbonyl (C=O) groups excluding carboxylic acids is 1. The number of hydrogen-bond donors (Lipinski definition) is 1. The Labute approximate surface area is 99.1 Å². The molecule has 90 valence electrons. The molecule has 1 heterocycles. The molecule has 16 heavy (non-hydrogen) atoms. The van der Waals surface area contributed by atoms with Gasteiger partial charge in [0.05, 0.1) is 6.04 Å². The summed E-state index contributed by atoms with van der Waals surface area (Å²) < 4.78 is 0. The fraction of sp³-hybridized carbons (Fsp3) is 0.500. The first-order valence-corrected chi connectivity index (χ1v) is 6.20. The third kappa shape index (κ3) is 4.47. The quantitative estimate of drug-likeness (QED) is 0.770. The molecule has 1 aromatic carbocycles. The van der Waals surface area contributed by atoms with Gasteiger partial charge in [-0.15, -0.1) is 0 Å². The van der Waals surface area contributed by atoms with Crippen molar-refractivity contribution in [1.82, 2.24) is 5.32 Å². The van der Waals surface area contributed by atoms with Crippen LogP contribution in [0.3, 0.4) is 0 Å². The fourth-order valence-corrected chi connectivity index (χ4v) is 1.55. The first-order valence-electron chi connectivity index (χ1n) is 6.20. The summed E-state index contributed by atoms with van der Waals surface area (Å²) in [5.74, 6) is 0.170. The Balaban J connectivity index is 0.000000509. The van der Waals surface area contributed by atoms with E-state index < -0.39 is 0 Å². The van der Waals surface area contributed by atoms with Gasteiger partial charge in [0, 0.05) is 6.42 Å². The van der Waals surface area contributed by atoms with Crippen LogP contribution in [0.15, 0.2) is 30.3 Å². The van der Waals surface area contributed by atoms with Crippen LogP contribution in [-0.2, 0) is 4.79 Å². The maximum atomic E-state index is 10.9. The van der Waals surface area contributed by atoms with Gasteiger partial charge in [0.15, 0.2) is 0 Å². The Morgan fingerprint density at radius 3 is 2.06 bits per heavy atom. The summed E-state index contributed by atoms with van der Waals surface area (Å²) in [5, 5.41) is 2.93. The van der Waals surface area contributed by atoms with Crippen molar-refractivity contribution in [2.75, 3.05) is 0 Å². The van der Waals surface area contributed by atoms with Gasteiger partial charge in [0.2, 0.25) is 5.91 Å². The lowest BCUT2D eigenvalue weighted by molar-refractivity contribution is -0.119. The molecule has 0 aliphatic carbocycles. The lowest BCUT2D eigenvalue weighted by Crippen LogP contribution is -2.17. The van der Waals surface area contributed by atoms with Crippen LogP contribution in [0.25, 0.3) is 0 Å². The third-order valence-corrected chi connectivity index (χ3v) is 2.20. The molecular formula is C14H23NO. The minimum Gasteiger partial charge on any atom is -0.349 e. The van der Waals surface area contributed by atoms with E-state index in [4.69, 9.17) is 0 Å². The van der Waals surface area contributed by atoms with Gasteiger partial charge in [-0.1, -0.05) is 58.0 Å². The van der Waals surface area contributed by atoms with E-state index in [-0.39, 0.29) is 11.9 Å². The number of carbonyl (C=O) groups is 1. The molecule has 2 nitrogen and oxygen atoms in total. The van der Waals surface area contributed by atoms with Crippen molar-refractivity contribution < 1.29 is 4.79 Å². The average molecular weight is 221 g/mol. The number of benzene rings is 1. The minimum atomic E-state index is 0.170. The van der Waals surface area contributed by atoms with Crippen LogP contribution in [-0.4, -0.2) is 5.91 Å². The Morgan fingerprint density at radius 1 is 1.06 bits per heavy atom. The van der Waals surface area contributed by atoms with Gasteiger partial charge >= 0.3 is 0 Å². The summed E-state index contributed by atoms with van der Waals surface area (Å²) in [6.07, 6.45) is 1.60. The van der Waals surface area contributed by atoms with Crippen molar-refractivity contribution in [3.8, 4) is 0 Å². The maximum Gasteiger partial charge on any atom is 0.220 e. The normalized spacial score (nSPS) is 17.5. The van der Waals surface area contributed by atoms with Gasteiger partial charge in [-0.2, -0.15) is 0 Å². The SMILES string of the molecule is CC.CC.O=C1CCC(c2ccccc2)N1. The molecule has 0 radical (unpaired) electrons. The van der Waals surface area contributed by atoms with E-state index in [1.54, 1.807) is 0 Å². The molecule has 1 atom stereocenters. The molecule has 1 aliphatic heterocycles. The molecule has 1 aliphatic rings. The zero-order valence-electron chi connectivity index (χ0n) is 10.8. The summed E-state index contributed by atoms with van der Waals surface area (Å²) in [7, 11) is 0. The zero-order chi connectivity index (χ0) is 12.4. The van der Waals surface area contributed by atoms with E-state index in [0.717, 1.165) is 6.42 Å². The van der Waals surface area contributed by atoms with E-state index in [1.165, 1.54) is 5.56 Å². The third-order valence-electron chi connectivity index (χ3n) is 2.20. The van der Waals surface area contributed by atoms with E-state index in [2.05, 4.69) is 17.4 Å². The second kappa shape index (κ2) is 8.96. The van der Waals surface area contributed by atoms with Gasteiger partial charge in [0.1, 0.15) is 0 Å². The van der Waals surface area contributed by atoms with Crippen molar-refractivity contribution in [2.45, 2.75) is 46.6 Å². The molecule has 2 rings (SSSR count). The topological polar surface area (TPSA) is 29.1 Å². The first-order chi connectivity index (χ1) is 7.86. The van der Waals surface area contributed by atoms with Gasteiger partial charge in [-0.3, -0.25) is 4.79 Å². The monoisotopic (exact) mass is 221 g/mol. The average Bonchev–Trinajstić information content (AvgIpc) is 2.82. The number of nitrogens with one attached hydrogen (secondary N) is 1. The molecule has 1 unspecified atom stereocenters. The van der Waals surface area contributed by atoms with Crippen LogP contribution < -0.4 is 5.32 Å². The summed E-state index contributed by atoms with van der Waals surface area (Å²) in [5.41, 5.74) is 1.21. The molecule has 0 saturated carbocycles. The molecule has 1 fully saturated rings. The Kier molecular flexibility index (Phi) is 8.22. The zero-order valence-corrected chi connectivity index (χ0v) is 10.8. The van der Waals surface area contributed by atoms with E-state index >= 15 is 0 Å². The van der Waals surface area contributed by atoms with Crippen LogP contribution >= 0.6 is 0 Å². The van der Waals surface area contributed by atoms with Gasteiger partial charge in [-0.05, 0) is 12.0 Å². The molecule has 0 aromatic heterocycles. The summed E-state index contributed by atoms with van der Waals surface area (Å²) >= 11 is 0. The van der Waals surface area contributed by atoms with Crippen molar-refractivity contribution in [3.63, 3.8) is 0 Å². The van der Waals surface area contributed by atoms with Gasteiger partial charge in [0.25, 0.3) is 0 Å². The summed E-state index contributed by atoms with van der Waals surface area (Å²) in [4.78, 5) is 10.9. The van der Waals surface area contributed by atoms with Crippen molar-refractivity contribution in [3.05, 3.63) is 35.9 Å². The molecule has 1 amide bonds. The molecule has 1 N–H and O–H groups in total. The van der Waals surface area contributed by atoms with Crippen LogP contribution in [0.2, 0.25) is 0 Å². The fourth-order valence-electron chi connectivity index (χ4n) is 1.55. The highest BCUT2D eigenvalue weighted by molar-refractivity contribution is 5.78. The predicted molar refractivity (Wildman–Crippen MR) is 69.3 cm³/mol. The van der Waals surface area contributed by atoms with E-state index in [9.17, 15) is 4.79 Å². The van der Waals surface area contributed by atoms with Crippen molar-refractivity contribution in [1.29, 1.82) is 0 Å². The molecule has 1 saturated heterocycles. The molecule has 1 aromatic rings. The van der Waals surface area contributed by atoms with Crippen molar-refractivity contribution in [2.24, 2.45) is 0 Å². The van der Waals surface area contributed by atoms with Crippen LogP contribution in [0, 0.1) is 0 Å². The molecule has 2 heteroatoms. The van der Waals surface area contributed by atoms with Crippen LogP contribution in [0.5, 0.6) is 0 Å². The molecule has 0 bridgehead atoms. The maximum absolute atomic E-state index is 10.9. The lowest BCUT2D eigenvalue weighted by atomic mass is 10.1. The molecular weight excluding hydrogens is 198 g/mol. The Bertz CT molecular complexity index is 282. The summed E-state index contributed by atoms with van der Waals surface area (Å²) in [6, 6.07) is 10.3. The number of hydrogen-bond acceptors (Lipinski definition) is 1. The first kappa shape index (κ1) is 14.7. The largest absolute Gasteiger partial charge is 0.349 e. The standard InChI is InChI=1S/C10H11NO.2C2H6/c12-10-7-6-9(11-10)8-4-2-1-3-5-8;2*1-2/h1-5,9H,6-7H2,(H,11,12);2*1-2H3. The van der Waals surface area contributed by atoms with Crippen LogP contribution in [0.4, 0.5) is 0 Å². The van der Waals surface area contributed by atoms with E-state index in [1.807, 2.05) is 45.9 Å². The smallest absolute Gasteiger partial charge is 0.220 e. The number of amides is 1. The highest BCUT2D eigenvalue weighted by Crippen LogP contribution is 2.22. The van der Waals surface area contributed by atoms with Crippen molar-refractivity contribution >= 4 is 5.91 Å². The second-order valence-corrected chi connectivity index (χ2v) is 3.07. The minimum absolute atomic E-state index is 0.170. The highest BCUT2D eigenvalue weighted by atomic mass is 16.1. The van der Waals surface area contributed by atoms with Gasteiger partial charge < -0.3 is 5.32 Å². The molecule has 0 spiro atoms. The van der Waals surface area contributed by atoms with E-state index in [0.29, 0.717) is 6.42 Å². The Morgan fingerprint density at radius 2 is 1.62 bits per heavy atom. The van der Waals surface area contributed by atoms with Crippen LogP contribution in [0.1, 0.15) is 52.1 Å². The number of rotatable bonds is 1. The van der Waals surface area contributed by atoms with Gasteiger partial charge in [-0.25, -0.2) is 0 Å². The Hall–Kier alpha value is -1.31. The predicted octanol–water partition coefficient (Wildman–Crippen LogP) is 3.69. The lowest BCUT2D eigenvalue weighted by Gasteiger charge is -2.08. The highest BCUT2D eigenvalue weighted by Gasteiger charge is 2.21.